The summed E-state index contributed by atoms with van der Waals surface area (Å²) in [4.78, 5) is 23.7. The van der Waals surface area contributed by atoms with E-state index >= 15 is 0 Å². The predicted molar refractivity (Wildman–Crippen MR) is 61.2 cm³/mol. The van der Waals surface area contributed by atoms with Crippen LogP contribution in [0.5, 0.6) is 0 Å². The van der Waals surface area contributed by atoms with Gasteiger partial charge in [0.15, 0.2) is 6.04 Å². The number of benzene rings is 1. The van der Waals surface area contributed by atoms with Crippen LogP contribution in [0, 0.1) is 0 Å². The lowest BCUT2D eigenvalue weighted by Crippen LogP contribution is -2.53. The van der Waals surface area contributed by atoms with Gasteiger partial charge in [0.25, 0.3) is 5.91 Å². The zero-order valence-electron chi connectivity index (χ0n) is 10.1. The summed E-state index contributed by atoms with van der Waals surface area (Å²) in [7, 11) is 0. The summed E-state index contributed by atoms with van der Waals surface area (Å²) in [6.45, 7) is -0.507. The van der Waals surface area contributed by atoms with Gasteiger partial charge in [-0.05, 0) is 24.3 Å². The molecule has 0 saturated carbocycles. The molecular weight excluding hydrogens is 279 g/mol. The molecule has 1 N–H and O–H groups in total. The summed E-state index contributed by atoms with van der Waals surface area (Å²) in [5.41, 5.74) is -0.771. The van der Waals surface area contributed by atoms with Crippen molar-refractivity contribution in [3.05, 3.63) is 29.8 Å². The minimum atomic E-state index is -4.49. The number of carbonyl (C=O) groups excluding carboxylic acids is 1. The third kappa shape index (κ3) is 2.74. The first-order valence-corrected chi connectivity index (χ1v) is 5.60. The van der Waals surface area contributed by atoms with Gasteiger partial charge in [0, 0.05) is 5.69 Å². The van der Waals surface area contributed by atoms with Crippen LogP contribution in [0.15, 0.2) is 24.3 Å². The fraction of sp³-hybridized carbons (Fsp3) is 0.333. The van der Waals surface area contributed by atoms with Gasteiger partial charge in [-0.25, -0.2) is 4.79 Å². The van der Waals surface area contributed by atoms with Crippen LogP contribution in [-0.2, 0) is 20.5 Å². The molecule has 5 nitrogen and oxygen atoms in total. The predicted octanol–water partition coefficient (Wildman–Crippen LogP) is 1.52. The molecule has 0 aliphatic carbocycles. The molecule has 0 bridgehead atoms. The van der Waals surface area contributed by atoms with E-state index in [-0.39, 0.29) is 18.9 Å². The number of morpholine rings is 1. The van der Waals surface area contributed by atoms with Crippen molar-refractivity contribution in [1.82, 2.24) is 0 Å². The quantitative estimate of drug-likeness (QED) is 0.896. The summed E-state index contributed by atoms with van der Waals surface area (Å²) in [5, 5.41) is 9.02. The van der Waals surface area contributed by atoms with Crippen LogP contribution in [0.4, 0.5) is 18.9 Å². The van der Waals surface area contributed by atoms with Gasteiger partial charge in [-0.1, -0.05) is 0 Å². The summed E-state index contributed by atoms with van der Waals surface area (Å²) >= 11 is 0. The maximum atomic E-state index is 12.4. The summed E-state index contributed by atoms with van der Waals surface area (Å²) in [6, 6.07) is 2.51. The normalized spacial score (nSPS) is 20.1. The number of hydrogen-bond acceptors (Lipinski definition) is 3. The average Bonchev–Trinajstić information content (AvgIpc) is 2.37. The smallest absolute Gasteiger partial charge is 0.416 e. The number of carboxylic acids is 1. The highest BCUT2D eigenvalue weighted by Gasteiger charge is 2.36. The standard InChI is InChI=1S/C12H10F3NO4/c13-12(14,15)7-1-3-8(4-2-7)16-9(11(18)19)5-20-6-10(16)17/h1-4,9H,5-6H2,(H,18,19). The maximum absolute atomic E-state index is 12.4. The molecule has 1 fully saturated rings. The molecule has 1 atom stereocenters. The van der Waals surface area contributed by atoms with E-state index < -0.39 is 29.7 Å². The number of rotatable bonds is 2. The molecule has 1 aromatic rings. The van der Waals surface area contributed by atoms with Crippen molar-refractivity contribution in [3.63, 3.8) is 0 Å². The number of halogens is 3. The zero-order chi connectivity index (χ0) is 14.9. The molecule has 1 amide bonds. The maximum Gasteiger partial charge on any atom is 0.416 e. The molecule has 2 rings (SSSR count). The monoisotopic (exact) mass is 289 g/mol. The Balaban J connectivity index is 2.32. The molecular formula is C12H10F3NO4. The first kappa shape index (κ1) is 14.3. The highest BCUT2D eigenvalue weighted by molar-refractivity contribution is 6.00. The van der Waals surface area contributed by atoms with Gasteiger partial charge in [0.05, 0.1) is 12.2 Å². The van der Waals surface area contributed by atoms with E-state index in [2.05, 4.69) is 0 Å². The molecule has 0 radical (unpaired) electrons. The van der Waals surface area contributed by atoms with Gasteiger partial charge in [-0.15, -0.1) is 0 Å². The van der Waals surface area contributed by atoms with Crippen LogP contribution < -0.4 is 4.90 Å². The first-order valence-electron chi connectivity index (χ1n) is 5.60. The van der Waals surface area contributed by atoms with E-state index in [1.807, 2.05) is 0 Å². The number of nitrogens with zero attached hydrogens (tertiary/aromatic N) is 1. The van der Waals surface area contributed by atoms with Crippen molar-refractivity contribution in [1.29, 1.82) is 0 Å². The van der Waals surface area contributed by atoms with Crippen molar-refractivity contribution < 1.29 is 32.6 Å². The Morgan fingerprint density at radius 2 is 1.90 bits per heavy atom. The van der Waals surface area contributed by atoms with Gasteiger partial charge < -0.3 is 9.84 Å². The Morgan fingerprint density at radius 3 is 2.40 bits per heavy atom. The van der Waals surface area contributed by atoms with Crippen LogP contribution in [0.25, 0.3) is 0 Å². The van der Waals surface area contributed by atoms with Crippen molar-refractivity contribution in [2.75, 3.05) is 18.1 Å². The Morgan fingerprint density at radius 1 is 1.30 bits per heavy atom. The van der Waals surface area contributed by atoms with E-state index in [4.69, 9.17) is 9.84 Å². The highest BCUT2D eigenvalue weighted by atomic mass is 19.4. The number of aliphatic carboxylic acids is 1. The molecule has 1 unspecified atom stereocenters. The fourth-order valence-corrected chi connectivity index (χ4v) is 1.89. The van der Waals surface area contributed by atoms with Gasteiger partial charge in [0.1, 0.15) is 6.61 Å². The minimum Gasteiger partial charge on any atom is -0.480 e. The van der Waals surface area contributed by atoms with E-state index in [0.29, 0.717) is 0 Å². The zero-order valence-corrected chi connectivity index (χ0v) is 10.1. The molecule has 0 aromatic heterocycles. The lowest BCUT2D eigenvalue weighted by atomic mass is 10.1. The summed E-state index contributed by atoms with van der Waals surface area (Å²) in [5.74, 6) is -1.89. The molecule has 0 spiro atoms. The Bertz CT molecular complexity index is 526. The second-order valence-electron chi connectivity index (χ2n) is 4.18. The van der Waals surface area contributed by atoms with Crippen LogP contribution >= 0.6 is 0 Å². The molecule has 1 aliphatic heterocycles. The molecule has 8 heteroatoms. The Kier molecular flexibility index (Phi) is 3.67. The number of ether oxygens (including phenoxy) is 1. The lowest BCUT2D eigenvalue weighted by molar-refractivity contribution is -0.145. The minimum absolute atomic E-state index is 0.0960. The number of carbonyl (C=O) groups is 2. The highest BCUT2D eigenvalue weighted by Crippen LogP contribution is 2.31. The van der Waals surface area contributed by atoms with Crippen LogP contribution in [0.3, 0.4) is 0 Å². The average molecular weight is 289 g/mol. The first-order chi connectivity index (χ1) is 9.30. The van der Waals surface area contributed by atoms with Crippen molar-refractivity contribution >= 4 is 17.6 Å². The topological polar surface area (TPSA) is 66.8 Å². The summed E-state index contributed by atoms with van der Waals surface area (Å²) in [6.07, 6.45) is -4.49. The Labute approximate surface area is 111 Å². The Hall–Kier alpha value is -2.09. The third-order valence-corrected chi connectivity index (χ3v) is 2.84. The third-order valence-electron chi connectivity index (χ3n) is 2.84. The van der Waals surface area contributed by atoms with Gasteiger partial charge >= 0.3 is 12.1 Å². The molecule has 1 aliphatic rings. The van der Waals surface area contributed by atoms with E-state index in [0.717, 1.165) is 29.2 Å². The van der Waals surface area contributed by atoms with Crippen molar-refractivity contribution in [3.8, 4) is 0 Å². The molecule has 1 heterocycles. The van der Waals surface area contributed by atoms with E-state index in [9.17, 15) is 22.8 Å². The van der Waals surface area contributed by atoms with E-state index in [1.165, 1.54) is 0 Å². The second-order valence-corrected chi connectivity index (χ2v) is 4.18. The molecule has 1 saturated heterocycles. The van der Waals surface area contributed by atoms with Crippen LogP contribution in [-0.4, -0.2) is 36.2 Å². The number of hydrogen-bond donors (Lipinski definition) is 1. The van der Waals surface area contributed by atoms with Gasteiger partial charge in [-0.2, -0.15) is 13.2 Å². The number of alkyl halides is 3. The second kappa shape index (κ2) is 5.12. The van der Waals surface area contributed by atoms with Crippen molar-refractivity contribution in [2.45, 2.75) is 12.2 Å². The summed E-state index contributed by atoms with van der Waals surface area (Å²) < 4.78 is 42.2. The molecule has 108 valence electrons. The fourth-order valence-electron chi connectivity index (χ4n) is 1.89. The van der Waals surface area contributed by atoms with E-state index in [1.54, 1.807) is 0 Å². The number of anilines is 1. The lowest BCUT2D eigenvalue weighted by Gasteiger charge is -2.32. The van der Waals surface area contributed by atoms with Crippen LogP contribution in [0.1, 0.15) is 5.56 Å². The molecule has 20 heavy (non-hydrogen) atoms. The number of amides is 1. The molecule has 1 aromatic carbocycles. The van der Waals surface area contributed by atoms with Gasteiger partial charge in [-0.3, -0.25) is 9.69 Å². The van der Waals surface area contributed by atoms with Crippen molar-refractivity contribution in [2.24, 2.45) is 0 Å². The van der Waals surface area contributed by atoms with Gasteiger partial charge in [0.2, 0.25) is 0 Å². The SMILES string of the molecule is O=C(O)C1COCC(=O)N1c1ccc(C(F)(F)F)cc1. The number of carboxylic acid groups (broad SMARTS) is 1. The largest absolute Gasteiger partial charge is 0.480 e. The van der Waals surface area contributed by atoms with Crippen LogP contribution in [0.2, 0.25) is 0 Å².